The molecule has 0 saturated heterocycles. The molecule has 1 amide bonds. The number of aryl methyl sites for hydroxylation is 1. The lowest BCUT2D eigenvalue weighted by molar-refractivity contribution is -0.122. The van der Waals surface area contributed by atoms with Gasteiger partial charge in [0.05, 0.1) is 19.1 Å². The quantitative estimate of drug-likeness (QED) is 0.879. The van der Waals surface area contributed by atoms with Gasteiger partial charge >= 0.3 is 0 Å². The minimum atomic E-state index is -0.00142. The van der Waals surface area contributed by atoms with E-state index in [2.05, 4.69) is 5.32 Å². The molecule has 0 unspecified atom stereocenters. The van der Waals surface area contributed by atoms with E-state index in [4.69, 9.17) is 4.74 Å². The van der Waals surface area contributed by atoms with Crippen LogP contribution in [0, 0.1) is 6.92 Å². The van der Waals surface area contributed by atoms with Crippen LogP contribution in [0.25, 0.3) is 0 Å². The summed E-state index contributed by atoms with van der Waals surface area (Å²) in [5, 5.41) is 2.97. The number of amides is 1. The molecule has 1 atom stereocenters. The Morgan fingerprint density at radius 2 is 1.76 bits per heavy atom. The molecule has 110 valence electrons. The average Bonchev–Trinajstić information content (AvgIpc) is 2.50. The predicted molar refractivity (Wildman–Crippen MR) is 84.3 cm³/mol. The Labute approximate surface area is 126 Å². The third-order valence-electron chi connectivity index (χ3n) is 3.30. The van der Waals surface area contributed by atoms with Gasteiger partial charge in [0.1, 0.15) is 5.75 Å². The van der Waals surface area contributed by atoms with Crippen molar-refractivity contribution in [3.63, 3.8) is 0 Å². The molecule has 3 nitrogen and oxygen atoms in total. The minimum Gasteiger partial charge on any atom is -0.493 e. The number of carbonyl (C=O) groups is 1. The van der Waals surface area contributed by atoms with E-state index in [9.17, 15) is 4.79 Å². The molecule has 0 spiro atoms. The smallest absolute Gasteiger partial charge is 0.223 e. The van der Waals surface area contributed by atoms with Crippen molar-refractivity contribution in [2.24, 2.45) is 0 Å². The van der Waals surface area contributed by atoms with Crippen LogP contribution in [0.4, 0.5) is 0 Å². The van der Waals surface area contributed by atoms with Crippen molar-refractivity contribution in [1.29, 1.82) is 0 Å². The summed E-state index contributed by atoms with van der Waals surface area (Å²) in [6.45, 7) is 4.40. The summed E-state index contributed by atoms with van der Waals surface area (Å²) < 4.78 is 5.56. The van der Waals surface area contributed by atoms with Gasteiger partial charge in [-0.2, -0.15) is 0 Å². The first-order valence-corrected chi connectivity index (χ1v) is 7.19. The summed E-state index contributed by atoms with van der Waals surface area (Å²) in [5.41, 5.74) is 2.29. The molecule has 2 rings (SSSR count). The van der Waals surface area contributed by atoms with Crippen LogP contribution in [0.15, 0.2) is 54.6 Å². The molecule has 3 heteroatoms. The van der Waals surface area contributed by atoms with Gasteiger partial charge in [0.2, 0.25) is 5.91 Å². The normalized spacial score (nSPS) is 11.7. The van der Waals surface area contributed by atoms with Crippen molar-refractivity contribution in [2.45, 2.75) is 26.3 Å². The fourth-order valence-electron chi connectivity index (χ4n) is 2.03. The van der Waals surface area contributed by atoms with Gasteiger partial charge in [-0.3, -0.25) is 4.79 Å². The first-order valence-electron chi connectivity index (χ1n) is 7.19. The summed E-state index contributed by atoms with van der Waals surface area (Å²) in [4.78, 5) is 11.9. The molecule has 1 N–H and O–H groups in total. The lowest BCUT2D eigenvalue weighted by Gasteiger charge is -2.14. The molecule has 0 radical (unpaired) electrons. The van der Waals surface area contributed by atoms with Gasteiger partial charge in [0.25, 0.3) is 0 Å². The van der Waals surface area contributed by atoms with Gasteiger partial charge in [-0.25, -0.2) is 0 Å². The molecule has 0 aromatic heterocycles. The molecule has 21 heavy (non-hydrogen) atoms. The molecular weight excluding hydrogens is 262 g/mol. The highest BCUT2D eigenvalue weighted by Crippen LogP contribution is 2.13. The van der Waals surface area contributed by atoms with Crippen LogP contribution in [-0.2, 0) is 4.79 Å². The summed E-state index contributed by atoms with van der Waals surface area (Å²) in [6.07, 6.45) is 0.352. The summed E-state index contributed by atoms with van der Waals surface area (Å²) in [7, 11) is 0. The molecule has 0 aliphatic rings. The maximum atomic E-state index is 11.9. The fraction of sp³-hybridized carbons (Fsp3) is 0.278. The number of nitrogens with one attached hydrogen (secondary N) is 1. The van der Waals surface area contributed by atoms with Crippen molar-refractivity contribution in [3.05, 3.63) is 65.7 Å². The van der Waals surface area contributed by atoms with Crippen LogP contribution in [0.2, 0.25) is 0 Å². The van der Waals surface area contributed by atoms with E-state index in [1.165, 1.54) is 5.56 Å². The molecule has 0 heterocycles. The van der Waals surface area contributed by atoms with Crippen molar-refractivity contribution in [1.82, 2.24) is 5.32 Å². The number of hydrogen-bond donors (Lipinski definition) is 1. The van der Waals surface area contributed by atoms with Crippen LogP contribution in [0.1, 0.15) is 30.5 Å². The molecule has 2 aromatic carbocycles. The number of ether oxygens (including phenoxy) is 1. The summed E-state index contributed by atoms with van der Waals surface area (Å²) in [6, 6.07) is 17.8. The number of benzene rings is 2. The van der Waals surface area contributed by atoms with Gasteiger partial charge in [0, 0.05) is 0 Å². The number of rotatable bonds is 6. The summed E-state index contributed by atoms with van der Waals surface area (Å²) in [5.74, 6) is 0.794. The van der Waals surface area contributed by atoms with E-state index in [1.807, 2.05) is 68.4 Å². The Bertz CT molecular complexity index is 564. The Morgan fingerprint density at radius 3 is 2.43 bits per heavy atom. The van der Waals surface area contributed by atoms with Crippen LogP contribution < -0.4 is 10.1 Å². The van der Waals surface area contributed by atoms with Gasteiger partial charge in [0.15, 0.2) is 0 Å². The van der Waals surface area contributed by atoms with Crippen LogP contribution in [0.5, 0.6) is 5.75 Å². The van der Waals surface area contributed by atoms with Crippen molar-refractivity contribution >= 4 is 5.91 Å². The van der Waals surface area contributed by atoms with E-state index < -0.39 is 0 Å². The highest BCUT2D eigenvalue weighted by molar-refractivity contribution is 5.76. The summed E-state index contributed by atoms with van der Waals surface area (Å²) >= 11 is 0. The molecule has 2 aromatic rings. The van der Waals surface area contributed by atoms with Crippen molar-refractivity contribution in [2.75, 3.05) is 6.61 Å². The van der Waals surface area contributed by atoms with E-state index in [1.54, 1.807) is 0 Å². The van der Waals surface area contributed by atoms with Crippen LogP contribution in [-0.4, -0.2) is 12.5 Å². The fourth-order valence-corrected chi connectivity index (χ4v) is 2.03. The van der Waals surface area contributed by atoms with Gasteiger partial charge < -0.3 is 10.1 Å². The monoisotopic (exact) mass is 283 g/mol. The molecule has 0 aliphatic carbocycles. The zero-order chi connectivity index (χ0) is 15.1. The van der Waals surface area contributed by atoms with E-state index in [0.717, 1.165) is 11.3 Å². The zero-order valence-corrected chi connectivity index (χ0v) is 12.5. The second-order valence-electron chi connectivity index (χ2n) is 5.11. The largest absolute Gasteiger partial charge is 0.493 e. The number of hydrogen-bond acceptors (Lipinski definition) is 2. The lowest BCUT2D eigenvalue weighted by atomic mass is 10.1. The highest BCUT2D eigenvalue weighted by atomic mass is 16.5. The van der Waals surface area contributed by atoms with Gasteiger partial charge in [-0.1, -0.05) is 48.0 Å². The maximum absolute atomic E-state index is 11.9. The molecular formula is C18H21NO2. The third kappa shape index (κ3) is 4.95. The first-order chi connectivity index (χ1) is 10.1. The molecule has 0 saturated carbocycles. The third-order valence-corrected chi connectivity index (χ3v) is 3.30. The number of carbonyl (C=O) groups excluding carboxylic acids is 1. The van der Waals surface area contributed by atoms with E-state index in [-0.39, 0.29) is 11.9 Å². The van der Waals surface area contributed by atoms with Gasteiger partial charge in [-0.05, 0) is 31.5 Å². The second kappa shape index (κ2) is 7.48. The predicted octanol–water partition coefficient (Wildman–Crippen LogP) is 3.64. The van der Waals surface area contributed by atoms with Crippen molar-refractivity contribution < 1.29 is 9.53 Å². The van der Waals surface area contributed by atoms with Crippen LogP contribution in [0.3, 0.4) is 0 Å². The van der Waals surface area contributed by atoms with Gasteiger partial charge in [-0.15, -0.1) is 0 Å². The average molecular weight is 283 g/mol. The zero-order valence-electron chi connectivity index (χ0n) is 12.5. The minimum absolute atomic E-state index is 0.00142. The highest BCUT2D eigenvalue weighted by Gasteiger charge is 2.09. The topological polar surface area (TPSA) is 38.3 Å². The Balaban J connectivity index is 1.73. The SMILES string of the molecule is Cc1ccc(OCCC(=O)N[C@H](C)c2ccccc2)cc1. The molecule has 0 fully saturated rings. The van der Waals surface area contributed by atoms with Crippen LogP contribution >= 0.6 is 0 Å². The Morgan fingerprint density at radius 1 is 1.10 bits per heavy atom. The van der Waals surface area contributed by atoms with E-state index in [0.29, 0.717) is 13.0 Å². The standard InChI is InChI=1S/C18H21NO2/c1-14-8-10-17(11-9-14)21-13-12-18(20)19-15(2)16-6-4-3-5-7-16/h3-11,15H,12-13H2,1-2H3,(H,19,20)/t15-/m1/s1. The van der Waals surface area contributed by atoms with E-state index >= 15 is 0 Å². The maximum Gasteiger partial charge on any atom is 0.223 e. The Kier molecular flexibility index (Phi) is 5.38. The molecule has 0 aliphatic heterocycles. The molecule has 0 bridgehead atoms. The Hall–Kier alpha value is -2.29. The van der Waals surface area contributed by atoms with Crippen molar-refractivity contribution in [3.8, 4) is 5.75 Å². The second-order valence-corrected chi connectivity index (χ2v) is 5.11. The lowest BCUT2D eigenvalue weighted by Crippen LogP contribution is -2.27. The first kappa shape index (κ1) is 15.1.